The van der Waals surface area contributed by atoms with Gasteiger partial charge in [0.1, 0.15) is 11.6 Å². The van der Waals surface area contributed by atoms with Crippen LogP contribution in [-0.2, 0) is 4.79 Å². The summed E-state index contributed by atoms with van der Waals surface area (Å²) in [5.74, 6) is 0.287. The molecule has 192 valence electrons. The Morgan fingerprint density at radius 1 is 1.06 bits per heavy atom. The molecule has 0 saturated carbocycles. The van der Waals surface area contributed by atoms with Gasteiger partial charge in [0, 0.05) is 32.6 Å². The Balaban J connectivity index is 1.63. The van der Waals surface area contributed by atoms with Crippen molar-refractivity contribution in [3.8, 4) is 5.69 Å². The van der Waals surface area contributed by atoms with Crippen LogP contribution < -0.4 is 5.56 Å². The number of amides is 1. The topological polar surface area (TPSA) is 58.4 Å². The van der Waals surface area contributed by atoms with Crippen molar-refractivity contribution in [2.75, 3.05) is 26.2 Å². The highest BCUT2D eigenvalue weighted by Crippen LogP contribution is 2.28. The molecule has 1 aliphatic heterocycles. The van der Waals surface area contributed by atoms with Crippen LogP contribution in [0.15, 0.2) is 47.3 Å². The number of rotatable bonds is 9. The molecule has 1 aromatic heterocycles. The van der Waals surface area contributed by atoms with Crippen molar-refractivity contribution in [1.82, 2.24) is 19.4 Å². The number of aromatic nitrogens is 2. The molecule has 2 heterocycles. The zero-order valence-electron chi connectivity index (χ0n) is 21.1. The van der Waals surface area contributed by atoms with Crippen LogP contribution in [-0.4, -0.2) is 51.4 Å². The van der Waals surface area contributed by atoms with E-state index in [0.29, 0.717) is 55.0 Å². The van der Waals surface area contributed by atoms with Gasteiger partial charge in [-0.2, -0.15) is 0 Å². The Bertz CT molecular complexity index is 1270. The molecule has 1 unspecified atom stereocenters. The van der Waals surface area contributed by atoms with E-state index in [1.165, 1.54) is 18.6 Å². The zero-order valence-corrected chi connectivity index (χ0v) is 21.8. The van der Waals surface area contributed by atoms with E-state index in [1.54, 1.807) is 16.7 Å². The molecule has 1 aliphatic rings. The maximum atomic E-state index is 13.9. The fraction of sp³-hybridized carbons (Fsp3) is 0.464. The van der Waals surface area contributed by atoms with E-state index < -0.39 is 5.82 Å². The molecule has 0 N–H and O–H groups in total. The number of benzene rings is 2. The van der Waals surface area contributed by atoms with Crippen LogP contribution in [0.25, 0.3) is 16.6 Å². The van der Waals surface area contributed by atoms with Crippen molar-refractivity contribution < 1.29 is 9.18 Å². The molecule has 1 fully saturated rings. The quantitative estimate of drug-likeness (QED) is 0.343. The first-order valence-electron chi connectivity index (χ1n) is 12.9. The van der Waals surface area contributed by atoms with Gasteiger partial charge < -0.3 is 4.90 Å². The Hall–Kier alpha value is -2.77. The molecule has 3 aromatic rings. The van der Waals surface area contributed by atoms with E-state index >= 15 is 0 Å². The zero-order chi connectivity index (χ0) is 25.7. The first-order chi connectivity index (χ1) is 17.4. The van der Waals surface area contributed by atoms with Gasteiger partial charge in [-0.05, 0) is 43.2 Å². The number of nitrogens with zero attached hydrogens (tertiary/aromatic N) is 4. The van der Waals surface area contributed by atoms with Gasteiger partial charge in [0.25, 0.3) is 5.56 Å². The molecule has 8 heteroatoms. The summed E-state index contributed by atoms with van der Waals surface area (Å²) in [5.41, 5.74) is 0.901. The van der Waals surface area contributed by atoms with Crippen LogP contribution in [0.2, 0.25) is 5.02 Å². The summed E-state index contributed by atoms with van der Waals surface area (Å²) in [7, 11) is 0. The smallest absolute Gasteiger partial charge is 0.266 e. The monoisotopic (exact) mass is 512 g/mol. The predicted octanol–water partition coefficient (Wildman–Crippen LogP) is 5.74. The normalized spacial score (nSPS) is 15.4. The van der Waals surface area contributed by atoms with Gasteiger partial charge in [-0.1, -0.05) is 56.8 Å². The molecule has 1 saturated heterocycles. The Kier molecular flexibility index (Phi) is 8.75. The van der Waals surface area contributed by atoms with Crippen molar-refractivity contribution in [3.05, 3.63) is 69.5 Å². The van der Waals surface area contributed by atoms with Gasteiger partial charge in [-0.15, -0.1) is 0 Å². The second-order valence-electron chi connectivity index (χ2n) is 9.38. The fourth-order valence-corrected chi connectivity index (χ4v) is 5.17. The molecule has 0 aliphatic carbocycles. The van der Waals surface area contributed by atoms with Gasteiger partial charge in [0.2, 0.25) is 5.91 Å². The van der Waals surface area contributed by atoms with Crippen molar-refractivity contribution in [1.29, 1.82) is 0 Å². The van der Waals surface area contributed by atoms with E-state index in [9.17, 15) is 14.0 Å². The van der Waals surface area contributed by atoms with E-state index in [0.717, 1.165) is 25.7 Å². The molecule has 0 spiro atoms. The van der Waals surface area contributed by atoms with Gasteiger partial charge in [-0.25, -0.2) is 9.37 Å². The number of halogens is 2. The Morgan fingerprint density at radius 2 is 1.81 bits per heavy atom. The van der Waals surface area contributed by atoms with Crippen LogP contribution in [0.3, 0.4) is 0 Å². The van der Waals surface area contributed by atoms with Crippen molar-refractivity contribution in [3.63, 3.8) is 0 Å². The number of hydrogen-bond acceptors (Lipinski definition) is 4. The number of fused-ring (bicyclic) bond motifs is 1. The third-order valence-electron chi connectivity index (χ3n) is 7.00. The Labute approximate surface area is 216 Å². The second kappa shape index (κ2) is 12.0. The van der Waals surface area contributed by atoms with E-state index in [4.69, 9.17) is 16.6 Å². The summed E-state index contributed by atoms with van der Waals surface area (Å²) in [5, 5.41) is 0.452. The lowest BCUT2D eigenvalue weighted by Crippen LogP contribution is -2.50. The molecule has 1 atom stereocenters. The van der Waals surface area contributed by atoms with Crippen LogP contribution in [0.5, 0.6) is 0 Å². The largest absolute Gasteiger partial charge is 0.340 e. The number of para-hydroxylation sites is 1. The van der Waals surface area contributed by atoms with Gasteiger partial charge >= 0.3 is 0 Å². The van der Waals surface area contributed by atoms with E-state index in [-0.39, 0.29) is 22.5 Å². The van der Waals surface area contributed by atoms with Gasteiger partial charge in [0.15, 0.2) is 0 Å². The van der Waals surface area contributed by atoms with Crippen LogP contribution >= 0.6 is 11.6 Å². The number of carbonyl (C=O) groups excluding carboxylic acids is 1. The second-order valence-corrected chi connectivity index (χ2v) is 9.78. The lowest BCUT2D eigenvalue weighted by molar-refractivity contribution is -0.133. The average molecular weight is 513 g/mol. The summed E-state index contributed by atoms with van der Waals surface area (Å²) >= 11 is 6.09. The standard InChI is InChI=1S/C28H34ClFN4O2/c1-3-5-6-7-12-26(35)33-17-15-32(16-18-33)25(4-2)27-31-24-11-9-8-10-21(24)28(36)34(27)20-13-14-23(30)22(29)19-20/h8-11,13-14,19,25H,3-7,12,15-18H2,1-2H3. The molecule has 6 nitrogen and oxygen atoms in total. The summed E-state index contributed by atoms with van der Waals surface area (Å²) in [6.07, 6.45) is 5.69. The molecule has 1 amide bonds. The van der Waals surface area contributed by atoms with Crippen molar-refractivity contribution >= 4 is 28.4 Å². The van der Waals surface area contributed by atoms with Crippen LogP contribution in [0, 0.1) is 5.82 Å². The summed E-state index contributed by atoms with van der Waals surface area (Å²) in [6.45, 7) is 6.95. The van der Waals surface area contributed by atoms with Crippen LogP contribution in [0.4, 0.5) is 4.39 Å². The minimum Gasteiger partial charge on any atom is -0.340 e. The third kappa shape index (κ3) is 5.62. The summed E-state index contributed by atoms with van der Waals surface area (Å²) in [6, 6.07) is 11.4. The molecule has 2 aromatic carbocycles. The number of hydrogen-bond donors (Lipinski definition) is 0. The van der Waals surface area contributed by atoms with Crippen molar-refractivity contribution in [2.24, 2.45) is 0 Å². The minimum atomic E-state index is -0.536. The number of piperazine rings is 1. The first-order valence-corrected chi connectivity index (χ1v) is 13.3. The number of carbonyl (C=O) groups is 1. The molecule has 4 rings (SSSR count). The SMILES string of the molecule is CCCCCCC(=O)N1CCN(C(CC)c2nc3ccccc3c(=O)n2-c2ccc(F)c(Cl)c2)CC1. The highest BCUT2D eigenvalue weighted by atomic mass is 35.5. The highest BCUT2D eigenvalue weighted by molar-refractivity contribution is 6.30. The summed E-state index contributed by atoms with van der Waals surface area (Å²) < 4.78 is 15.5. The maximum absolute atomic E-state index is 13.9. The molecular weight excluding hydrogens is 479 g/mol. The highest BCUT2D eigenvalue weighted by Gasteiger charge is 2.29. The number of unbranched alkanes of at least 4 members (excludes halogenated alkanes) is 3. The molecule has 36 heavy (non-hydrogen) atoms. The average Bonchev–Trinajstić information content (AvgIpc) is 2.89. The predicted molar refractivity (Wildman–Crippen MR) is 142 cm³/mol. The van der Waals surface area contributed by atoms with Crippen LogP contribution in [0.1, 0.15) is 64.2 Å². The van der Waals surface area contributed by atoms with E-state index in [1.807, 2.05) is 23.1 Å². The van der Waals surface area contributed by atoms with Gasteiger partial charge in [-0.3, -0.25) is 19.1 Å². The first kappa shape index (κ1) is 26.3. The molecular formula is C28H34ClFN4O2. The van der Waals surface area contributed by atoms with Gasteiger partial charge in [0.05, 0.1) is 27.7 Å². The lowest BCUT2D eigenvalue weighted by atomic mass is 10.1. The Morgan fingerprint density at radius 3 is 2.50 bits per heavy atom. The maximum Gasteiger partial charge on any atom is 0.266 e. The van der Waals surface area contributed by atoms with E-state index in [2.05, 4.69) is 18.7 Å². The lowest BCUT2D eigenvalue weighted by Gasteiger charge is -2.39. The minimum absolute atomic E-state index is 0.0439. The fourth-order valence-electron chi connectivity index (χ4n) is 5.00. The summed E-state index contributed by atoms with van der Waals surface area (Å²) in [4.78, 5) is 35.5. The third-order valence-corrected chi connectivity index (χ3v) is 7.29. The molecule has 0 radical (unpaired) electrons. The molecule has 0 bridgehead atoms. The van der Waals surface area contributed by atoms with Crippen molar-refractivity contribution in [2.45, 2.75) is 58.4 Å².